The van der Waals surface area contributed by atoms with Gasteiger partial charge in [-0.25, -0.2) is 13.4 Å². The van der Waals surface area contributed by atoms with Crippen LogP contribution in [0.25, 0.3) is 10.6 Å². The van der Waals surface area contributed by atoms with Gasteiger partial charge in [-0.05, 0) is 45.0 Å². The molecule has 3 rings (SSSR count). The van der Waals surface area contributed by atoms with Gasteiger partial charge in [0.05, 0.1) is 10.6 Å². The number of halogens is 1. The van der Waals surface area contributed by atoms with Crippen molar-refractivity contribution in [3.05, 3.63) is 22.4 Å². The van der Waals surface area contributed by atoms with E-state index in [4.69, 9.17) is 0 Å². The molecule has 3 heterocycles. The molecule has 1 saturated heterocycles. The maximum Gasteiger partial charge on any atom is 0.247 e. The van der Waals surface area contributed by atoms with Crippen LogP contribution in [-0.4, -0.2) is 43.4 Å². The predicted octanol–water partition coefficient (Wildman–Crippen LogP) is 2.71. The molecule has 2 aromatic rings. The van der Waals surface area contributed by atoms with Crippen molar-refractivity contribution < 1.29 is 13.2 Å². The lowest BCUT2D eigenvalue weighted by atomic mass is 9.96. The number of nitrogens with one attached hydrogen (secondary N) is 2. The molecule has 0 radical (unpaired) electrons. The van der Waals surface area contributed by atoms with Gasteiger partial charge in [-0.2, -0.15) is 0 Å². The summed E-state index contributed by atoms with van der Waals surface area (Å²) < 4.78 is 23.2. The van der Waals surface area contributed by atoms with E-state index < -0.39 is 20.5 Å². The van der Waals surface area contributed by atoms with Gasteiger partial charge in [0.15, 0.2) is 19.7 Å². The first-order valence-electron chi connectivity index (χ1n) is 7.56. The molecule has 1 fully saturated rings. The van der Waals surface area contributed by atoms with E-state index in [0.29, 0.717) is 18.2 Å². The number of thiophene rings is 1. The first-order valence-corrected chi connectivity index (χ1v) is 11.1. The van der Waals surface area contributed by atoms with Crippen LogP contribution in [0, 0.1) is 6.92 Å². The van der Waals surface area contributed by atoms with Crippen LogP contribution in [0.4, 0.5) is 5.13 Å². The van der Waals surface area contributed by atoms with Crippen LogP contribution in [0.1, 0.15) is 17.7 Å². The van der Waals surface area contributed by atoms with Gasteiger partial charge in [-0.1, -0.05) is 0 Å². The highest BCUT2D eigenvalue weighted by molar-refractivity contribution is 7.92. The Balaban J connectivity index is 0.00000225. The largest absolute Gasteiger partial charge is 0.317 e. The van der Waals surface area contributed by atoms with Crippen molar-refractivity contribution >= 4 is 56.0 Å². The second-order valence-electron chi connectivity index (χ2n) is 5.92. The van der Waals surface area contributed by atoms with Crippen LogP contribution in [0.3, 0.4) is 0 Å². The lowest BCUT2D eigenvalue weighted by molar-refractivity contribution is -0.119. The molecule has 0 saturated carbocycles. The van der Waals surface area contributed by atoms with Crippen molar-refractivity contribution in [2.45, 2.75) is 24.5 Å². The Labute approximate surface area is 161 Å². The van der Waals surface area contributed by atoms with E-state index in [1.165, 1.54) is 16.2 Å². The molecular weight excluding hydrogens is 402 g/mol. The Bertz CT molecular complexity index is 854. The Morgan fingerprint density at radius 3 is 2.56 bits per heavy atom. The average molecular weight is 422 g/mol. The quantitative estimate of drug-likeness (QED) is 0.792. The highest BCUT2D eigenvalue weighted by Gasteiger charge is 2.48. The minimum atomic E-state index is -3.52. The highest BCUT2D eigenvalue weighted by atomic mass is 35.5. The summed E-state index contributed by atoms with van der Waals surface area (Å²) in [6.45, 7) is 3.05. The summed E-state index contributed by atoms with van der Waals surface area (Å²) >= 11 is 2.94. The van der Waals surface area contributed by atoms with E-state index in [1.807, 2.05) is 24.4 Å². The number of nitrogens with zero attached hydrogens (tertiary/aromatic N) is 1. The van der Waals surface area contributed by atoms with Gasteiger partial charge in [0, 0.05) is 16.5 Å². The molecule has 1 aliphatic rings. The molecule has 25 heavy (non-hydrogen) atoms. The third-order valence-electron chi connectivity index (χ3n) is 4.25. The normalized spacial score (nSPS) is 16.9. The van der Waals surface area contributed by atoms with Gasteiger partial charge >= 0.3 is 0 Å². The summed E-state index contributed by atoms with van der Waals surface area (Å²) in [5, 5.41) is 8.13. The number of aromatic nitrogens is 1. The van der Waals surface area contributed by atoms with Crippen molar-refractivity contribution in [2.75, 3.05) is 24.7 Å². The summed E-state index contributed by atoms with van der Waals surface area (Å²) in [4.78, 5) is 19.4. The molecule has 0 aliphatic carbocycles. The number of thiazole rings is 1. The first kappa shape index (κ1) is 20.3. The Morgan fingerprint density at radius 2 is 2.00 bits per heavy atom. The lowest BCUT2D eigenvalue weighted by Crippen LogP contribution is -2.55. The maximum atomic E-state index is 12.7. The fraction of sp³-hybridized carbons (Fsp3) is 0.467. The minimum Gasteiger partial charge on any atom is -0.317 e. The zero-order chi connectivity index (χ0) is 17.4. The second kappa shape index (κ2) is 7.71. The first-order chi connectivity index (χ1) is 11.3. The van der Waals surface area contributed by atoms with Crippen molar-refractivity contribution in [1.82, 2.24) is 10.3 Å². The summed E-state index contributed by atoms with van der Waals surface area (Å²) in [5.41, 5.74) is 0.798. The number of amides is 1. The van der Waals surface area contributed by atoms with Crippen LogP contribution in [0.5, 0.6) is 0 Å². The second-order valence-corrected chi connectivity index (χ2v) is 10.4. The third-order valence-corrected chi connectivity index (χ3v) is 8.05. The lowest BCUT2D eigenvalue weighted by Gasteiger charge is -2.33. The molecular formula is C15H20ClN3O3S3. The van der Waals surface area contributed by atoms with Gasteiger partial charge in [-0.15, -0.1) is 35.1 Å². The van der Waals surface area contributed by atoms with Crippen molar-refractivity contribution in [1.29, 1.82) is 0 Å². The zero-order valence-corrected chi connectivity index (χ0v) is 17.1. The summed E-state index contributed by atoms with van der Waals surface area (Å²) in [6, 6.07) is 4.01. The number of sulfone groups is 1. The SMILES string of the molecule is Cc1ccc(-c2csc(NC(=O)C3(S(C)(=O)=O)CCNCC3)n2)s1.Cl. The fourth-order valence-electron chi connectivity index (χ4n) is 2.82. The van der Waals surface area contributed by atoms with Gasteiger partial charge < -0.3 is 10.6 Å². The Morgan fingerprint density at radius 1 is 1.32 bits per heavy atom. The maximum absolute atomic E-state index is 12.7. The number of carbonyl (C=O) groups is 1. The summed E-state index contributed by atoms with van der Waals surface area (Å²) in [5.74, 6) is -0.477. The van der Waals surface area contributed by atoms with Crippen LogP contribution in [-0.2, 0) is 14.6 Å². The number of rotatable bonds is 4. The van der Waals surface area contributed by atoms with E-state index in [-0.39, 0.29) is 25.2 Å². The smallest absolute Gasteiger partial charge is 0.247 e. The molecule has 2 aromatic heterocycles. The van der Waals surface area contributed by atoms with Gasteiger partial charge in [0.25, 0.3) is 0 Å². The third kappa shape index (κ3) is 4.06. The monoisotopic (exact) mass is 421 g/mol. The number of hydrogen-bond donors (Lipinski definition) is 2. The standard InChI is InChI=1S/C15H19N3O3S3.ClH/c1-10-3-4-12(23-10)11-9-22-14(17-11)18-13(19)15(24(2,20)21)5-7-16-8-6-15;/h3-4,9,16H,5-8H2,1-2H3,(H,17,18,19);1H. The molecule has 6 nitrogen and oxygen atoms in total. The molecule has 0 unspecified atom stereocenters. The Hall–Kier alpha value is -1.00. The van der Waals surface area contributed by atoms with Crippen molar-refractivity contribution in [3.8, 4) is 10.6 Å². The van der Waals surface area contributed by atoms with Crippen LogP contribution >= 0.6 is 35.1 Å². The summed E-state index contributed by atoms with van der Waals surface area (Å²) in [6.07, 6.45) is 1.69. The van der Waals surface area contributed by atoms with Crippen LogP contribution in [0.15, 0.2) is 17.5 Å². The van der Waals surface area contributed by atoms with Gasteiger partial charge in [0.2, 0.25) is 5.91 Å². The Kier molecular flexibility index (Phi) is 6.26. The van der Waals surface area contributed by atoms with E-state index in [0.717, 1.165) is 16.8 Å². The molecule has 1 aliphatic heterocycles. The van der Waals surface area contributed by atoms with E-state index in [1.54, 1.807) is 11.3 Å². The molecule has 1 amide bonds. The summed E-state index contributed by atoms with van der Waals surface area (Å²) in [7, 11) is -3.52. The molecule has 138 valence electrons. The van der Waals surface area contributed by atoms with Crippen LogP contribution < -0.4 is 10.6 Å². The molecule has 0 spiro atoms. The topological polar surface area (TPSA) is 88.2 Å². The van der Waals surface area contributed by atoms with Gasteiger partial charge in [0.1, 0.15) is 0 Å². The fourth-order valence-corrected chi connectivity index (χ4v) is 5.77. The highest BCUT2D eigenvalue weighted by Crippen LogP contribution is 2.33. The van der Waals surface area contributed by atoms with Crippen LogP contribution in [0.2, 0.25) is 0 Å². The average Bonchev–Trinajstić information content (AvgIpc) is 3.15. The van der Waals surface area contributed by atoms with E-state index in [2.05, 4.69) is 15.6 Å². The van der Waals surface area contributed by atoms with Crippen molar-refractivity contribution in [3.63, 3.8) is 0 Å². The molecule has 2 N–H and O–H groups in total. The number of piperidine rings is 1. The minimum absolute atomic E-state index is 0. The number of hydrogen-bond acceptors (Lipinski definition) is 7. The molecule has 10 heteroatoms. The molecule has 0 aromatic carbocycles. The number of aryl methyl sites for hydroxylation is 1. The van der Waals surface area contributed by atoms with E-state index >= 15 is 0 Å². The number of anilines is 1. The molecule has 0 atom stereocenters. The molecule has 0 bridgehead atoms. The number of carbonyl (C=O) groups excluding carboxylic acids is 1. The van der Waals surface area contributed by atoms with Gasteiger partial charge in [-0.3, -0.25) is 4.79 Å². The van der Waals surface area contributed by atoms with E-state index in [9.17, 15) is 13.2 Å². The zero-order valence-electron chi connectivity index (χ0n) is 13.9. The van der Waals surface area contributed by atoms with Crippen molar-refractivity contribution in [2.24, 2.45) is 0 Å². The predicted molar refractivity (Wildman–Crippen MR) is 106 cm³/mol.